The first-order valence-electron chi connectivity index (χ1n) is 10.7. The Hall–Kier alpha value is -2.75. The molecule has 2 rings (SSSR count). The molecule has 162 valence electrons. The van der Waals surface area contributed by atoms with Crippen LogP contribution in [0.4, 0.5) is 0 Å². The molecule has 0 aromatic heterocycles. The Morgan fingerprint density at radius 2 is 1.57 bits per heavy atom. The van der Waals surface area contributed by atoms with Gasteiger partial charge in [-0.3, -0.25) is 4.79 Å². The number of carbonyl (C=O) groups excluding carboxylic acids is 1. The van der Waals surface area contributed by atoms with Crippen LogP contribution in [0.15, 0.2) is 42.5 Å². The summed E-state index contributed by atoms with van der Waals surface area (Å²) in [7, 11) is 0. The fraction of sp³-hybridized carbons (Fsp3) is 0.423. The summed E-state index contributed by atoms with van der Waals surface area (Å²) in [5, 5.41) is 0. The Morgan fingerprint density at radius 1 is 0.900 bits per heavy atom. The zero-order valence-corrected chi connectivity index (χ0v) is 19.1. The van der Waals surface area contributed by atoms with Crippen molar-refractivity contribution in [2.24, 2.45) is 0 Å². The summed E-state index contributed by atoms with van der Waals surface area (Å²) in [4.78, 5) is 12.7. The Labute approximate surface area is 180 Å². The average Bonchev–Trinajstić information content (AvgIpc) is 2.70. The monoisotopic (exact) mass is 410 g/mol. The predicted molar refractivity (Wildman–Crippen MR) is 123 cm³/mol. The highest BCUT2D eigenvalue weighted by atomic mass is 16.5. The zero-order valence-electron chi connectivity index (χ0n) is 19.1. The molecule has 0 saturated carbocycles. The molecule has 30 heavy (non-hydrogen) atoms. The summed E-state index contributed by atoms with van der Waals surface area (Å²) in [6.45, 7) is 14.2. The van der Waals surface area contributed by atoms with E-state index in [1.807, 2.05) is 44.2 Å². The number of benzene rings is 2. The maximum Gasteiger partial charge on any atom is 0.185 e. The van der Waals surface area contributed by atoms with Crippen molar-refractivity contribution in [3.63, 3.8) is 0 Å². The standard InChI is InChI=1S/C26H34O4/c1-7-16-30-21-13-10-19(11-14-21)23(27)15-12-20-17-22(28-8-2)18-24(29-9-3)25(20)26(4,5)6/h10-15,17-18H,7-9,16H2,1-6H3/b15-12+. The van der Waals surface area contributed by atoms with E-state index in [0.29, 0.717) is 25.4 Å². The Morgan fingerprint density at radius 3 is 2.13 bits per heavy atom. The molecule has 0 saturated heterocycles. The number of rotatable bonds is 10. The van der Waals surface area contributed by atoms with Crippen molar-refractivity contribution < 1.29 is 19.0 Å². The maximum absolute atomic E-state index is 12.7. The quantitative estimate of drug-likeness (QED) is 0.333. The van der Waals surface area contributed by atoms with Gasteiger partial charge in [0.15, 0.2) is 5.78 Å². The second-order valence-electron chi connectivity index (χ2n) is 8.07. The molecule has 0 spiro atoms. The Kier molecular flexibility index (Phi) is 8.52. The van der Waals surface area contributed by atoms with Crippen LogP contribution in [0.5, 0.6) is 17.2 Å². The minimum Gasteiger partial charge on any atom is -0.494 e. The van der Waals surface area contributed by atoms with Gasteiger partial charge in [-0.2, -0.15) is 0 Å². The molecular weight excluding hydrogens is 376 g/mol. The summed E-state index contributed by atoms with van der Waals surface area (Å²) < 4.78 is 17.2. The van der Waals surface area contributed by atoms with E-state index < -0.39 is 0 Å². The molecule has 0 amide bonds. The van der Waals surface area contributed by atoms with Crippen LogP contribution in [0, 0.1) is 0 Å². The van der Waals surface area contributed by atoms with Gasteiger partial charge in [0, 0.05) is 17.2 Å². The van der Waals surface area contributed by atoms with Crippen molar-refractivity contribution in [2.45, 2.75) is 53.4 Å². The molecule has 4 nitrogen and oxygen atoms in total. The van der Waals surface area contributed by atoms with Crippen LogP contribution < -0.4 is 14.2 Å². The van der Waals surface area contributed by atoms with Crippen LogP contribution in [-0.2, 0) is 5.41 Å². The molecule has 0 unspecified atom stereocenters. The van der Waals surface area contributed by atoms with E-state index in [4.69, 9.17) is 14.2 Å². The van der Waals surface area contributed by atoms with Gasteiger partial charge in [-0.05, 0) is 67.7 Å². The summed E-state index contributed by atoms with van der Waals surface area (Å²) in [5.41, 5.74) is 2.45. The minimum absolute atomic E-state index is 0.0586. The van der Waals surface area contributed by atoms with Gasteiger partial charge in [0.05, 0.1) is 19.8 Å². The van der Waals surface area contributed by atoms with Crippen LogP contribution in [0.2, 0.25) is 0 Å². The molecule has 2 aromatic rings. The highest BCUT2D eigenvalue weighted by Gasteiger charge is 2.23. The fourth-order valence-corrected chi connectivity index (χ4v) is 3.26. The number of carbonyl (C=O) groups is 1. The van der Waals surface area contributed by atoms with Gasteiger partial charge in [-0.15, -0.1) is 0 Å². The highest BCUT2D eigenvalue weighted by Crippen LogP contribution is 2.38. The van der Waals surface area contributed by atoms with Gasteiger partial charge in [-0.1, -0.05) is 33.8 Å². The zero-order chi connectivity index (χ0) is 22.1. The van der Waals surface area contributed by atoms with E-state index in [0.717, 1.165) is 34.8 Å². The average molecular weight is 411 g/mol. The molecule has 0 aliphatic carbocycles. The molecule has 0 radical (unpaired) electrons. The van der Waals surface area contributed by atoms with Crippen LogP contribution in [-0.4, -0.2) is 25.6 Å². The first-order chi connectivity index (χ1) is 14.3. The molecule has 2 aromatic carbocycles. The summed E-state index contributed by atoms with van der Waals surface area (Å²) in [6.07, 6.45) is 4.41. The van der Waals surface area contributed by atoms with Gasteiger partial charge < -0.3 is 14.2 Å². The van der Waals surface area contributed by atoms with Crippen molar-refractivity contribution in [3.8, 4) is 17.2 Å². The first kappa shape index (κ1) is 23.5. The number of ether oxygens (including phenoxy) is 3. The number of hydrogen-bond donors (Lipinski definition) is 0. The lowest BCUT2D eigenvalue weighted by molar-refractivity contribution is 0.104. The molecule has 0 N–H and O–H groups in total. The third kappa shape index (κ3) is 6.38. The second kappa shape index (κ2) is 10.9. The number of allylic oxidation sites excluding steroid dienone is 1. The van der Waals surface area contributed by atoms with E-state index >= 15 is 0 Å². The van der Waals surface area contributed by atoms with Crippen LogP contribution in [0.25, 0.3) is 6.08 Å². The summed E-state index contributed by atoms with van der Waals surface area (Å²) in [6, 6.07) is 11.2. The normalized spacial score (nSPS) is 11.5. The van der Waals surface area contributed by atoms with E-state index in [-0.39, 0.29) is 11.2 Å². The van der Waals surface area contributed by atoms with Gasteiger partial charge in [0.2, 0.25) is 0 Å². The highest BCUT2D eigenvalue weighted by molar-refractivity contribution is 6.07. The smallest absolute Gasteiger partial charge is 0.185 e. The first-order valence-corrected chi connectivity index (χ1v) is 10.7. The van der Waals surface area contributed by atoms with Gasteiger partial charge in [0.25, 0.3) is 0 Å². The second-order valence-corrected chi connectivity index (χ2v) is 8.07. The largest absolute Gasteiger partial charge is 0.494 e. The van der Waals surface area contributed by atoms with Crippen molar-refractivity contribution >= 4 is 11.9 Å². The van der Waals surface area contributed by atoms with E-state index in [1.54, 1.807) is 18.2 Å². The molecular formula is C26H34O4. The SMILES string of the molecule is CCCOc1ccc(C(=O)/C=C/c2cc(OCC)cc(OCC)c2C(C)(C)C)cc1. The number of hydrogen-bond acceptors (Lipinski definition) is 4. The van der Waals surface area contributed by atoms with E-state index in [2.05, 4.69) is 27.7 Å². The molecule has 4 heteroatoms. The van der Waals surface area contributed by atoms with E-state index in [9.17, 15) is 4.79 Å². The van der Waals surface area contributed by atoms with Crippen LogP contribution >= 0.6 is 0 Å². The fourth-order valence-electron chi connectivity index (χ4n) is 3.26. The molecule has 0 fully saturated rings. The molecule has 0 aliphatic rings. The maximum atomic E-state index is 12.7. The van der Waals surface area contributed by atoms with Gasteiger partial charge in [0.1, 0.15) is 17.2 Å². The van der Waals surface area contributed by atoms with Crippen molar-refractivity contribution in [1.82, 2.24) is 0 Å². The minimum atomic E-state index is -0.157. The topological polar surface area (TPSA) is 44.8 Å². The Bertz CT molecular complexity index is 858. The molecule has 0 bridgehead atoms. The van der Waals surface area contributed by atoms with Crippen molar-refractivity contribution in [1.29, 1.82) is 0 Å². The lowest BCUT2D eigenvalue weighted by Gasteiger charge is -2.26. The van der Waals surface area contributed by atoms with Gasteiger partial charge in [-0.25, -0.2) is 0 Å². The predicted octanol–water partition coefficient (Wildman–Crippen LogP) is 6.47. The summed E-state index contributed by atoms with van der Waals surface area (Å²) in [5.74, 6) is 2.24. The number of ketones is 1. The lowest BCUT2D eigenvalue weighted by Crippen LogP contribution is -2.16. The van der Waals surface area contributed by atoms with Gasteiger partial charge >= 0.3 is 0 Å². The van der Waals surface area contributed by atoms with E-state index in [1.165, 1.54) is 0 Å². The third-order valence-corrected chi connectivity index (χ3v) is 4.49. The molecule has 0 heterocycles. The Balaban J connectivity index is 2.36. The third-order valence-electron chi connectivity index (χ3n) is 4.49. The lowest BCUT2D eigenvalue weighted by atomic mass is 9.82. The van der Waals surface area contributed by atoms with Crippen LogP contribution in [0.3, 0.4) is 0 Å². The van der Waals surface area contributed by atoms with Crippen molar-refractivity contribution in [3.05, 3.63) is 59.2 Å². The summed E-state index contributed by atoms with van der Waals surface area (Å²) >= 11 is 0. The van der Waals surface area contributed by atoms with Crippen LogP contribution in [0.1, 0.15) is 69.4 Å². The molecule has 0 aliphatic heterocycles. The molecule has 0 atom stereocenters. The van der Waals surface area contributed by atoms with Crippen molar-refractivity contribution in [2.75, 3.05) is 19.8 Å².